The molecule has 33 heavy (non-hydrogen) atoms. The van der Waals surface area contributed by atoms with Gasteiger partial charge in [-0.05, 0) is 56.0 Å². The molecule has 2 aromatic rings. The van der Waals surface area contributed by atoms with Crippen molar-refractivity contribution in [3.05, 3.63) is 58.4 Å². The number of carboxylic acid groups (broad SMARTS) is 1. The smallest absolute Gasteiger partial charge is 0.433 e. The van der Waals surface area contributed by atoms with Gasteiger partial charge in [0.15, 0.2) is 5.60 Å². The molecule has 0 radical (unpaired) electrons. The van der Waals surface area contributed by atoms with Crippen molar-refractivity contribution >= 4 is 5.97 Å². The molecule has 0 saturated carbocycles. The lowest BCUT2D eigenvalue weighted by atomic mass is 10.0. The molecule has 180 valence electrons. The molecule has 3 rings (SSSR count). The van der Waals surface area contributed by atoms with Crippen molar-refractivity contribution < 1.29 is 27.8 Å². The number of nitrogens with zero attached hydrogens (tertiary/aromatic N) is 3. The average molecular weight is 466 g/mol. The number of pyridine rings is 1. The second-order valence-corrected chi connectivity index (χ2v) is 9.08. The van der Waals surface area contributed by atoms with Crippen molar-refractivity contribution in [2.75, 3.05) is 26.2 Å². The number of alkyl halides is 3. The molecule has 1 aliphatic rings. The van der Waals surface area contributed by atoms with Crippen molar-refractivity contribution in [3.8, 4) is 5.75 Å². The predicted octanol–water partition coefficient (Wildman–Crippen LogP) is 4.28. The molecule has 0 spiro atoms. The minimum absolute atomic E-state index is 0.572. The van der Waals surface area contributed by atoms with Crippen LogP contribution in [0.15, 0.2) is 30.5 Å². The zero-order valence-corrected chi connectivity index (χ0v) is 19.4. The second-order valence-electron chi connectivity index (χ2n) is 9.08. The highest BCUT2D eigenvalue weighted by Crippen LogP contribution is 2.30. The maximum absolute atomic E-state index is 12.7. The molecule has 1 saturated heterocycles. The summed E-state index contributed by atoms with van der Waals surface area (Å²) in [6.45, 7) is 11.5. The van der Waals surface area contributed by atoms with Crippen LogP contribution >= 0.6 is 0 Å². The van der Waals surface area contributed by atoms with Gasteiger partial charge in [-0.1, -0.05) is 18.2 Å². The third kappa shape index (κ3) is 6.45. The second kappa shape index (κ2) is 9.69. The summed E-state index contributed by atoms with van der Waals surface area (Å²) < 4.78 is 43.8. The number of aryl methyl sites for hydroxylation is 2. The van der Waals surface area contributed by atoms with Gasteiger partial charge in [0.25, 0.3) is 0 Å². The first-order valence-corrected chi connectivity index (χ1v) is 10.8. The van der Waals surface area contributed by atoms with E-state index in [0.29, 0.717) is 12.3 Å². The molecule has 0 amide bonds. The standard InChI is InChI=1S/C24H30F3N3O3/c1-16-11-19(12-17(2)21(16)33-23(3,4)22(31)32)15-30-9-7-29(8-10-30)14-18-5-6-20(28-13-18)24(25,26)27/h5-6,11-13H,7-10,14-15H2,1-4H3,(H,31,32). The maximum atomic E-state index is 12.7. The van der Waals surface area contributed by atoms with Gasteiger partial charge in [-0.15, -0.1) is 0 Å². The predicted molar refractivity (Wildman–Crippen MR) is 118 cm³/mol. The Bertz CT molecular complexity index is 960. The minimum atomic E-state index is -4.42. The molecule has 6 nitrogen and oxygen atoms in total. The van der Waals surface area contributed by atoms with Crippen LogP contribution in [0.2, 0.25) is 0 Å². The lowest BCUT2D eigenvalue weighted by Crippen LogP contribution is -2.45. The number of hydrogen-bond acceptors (Lipinski definition) is 5. The third-order valence-electron chi connectivity index (χ3n) is 5.78. The number of carboxylic acids is 1. The van der Waals surface area contributed by atoms with E-state index in [4.69, 9.17) is 4.74 Å². The lowest BCUT2D eigenvalue weighted by molar-refractivity contribution is -0.152. The molecule has 0 atom stereocenters. The highest BCUT2D eigenvalue weighted by atomic mass is 19.4. The first-order chi connectivity index (χ1) is 15.3. The monoisotopic (exact) mass is 465 g/mol. The van der Waals surface area contributed by atoms with Crippen molar-refractivity contribution in [3.63, 3.8) is 0 Å². The van der Waals surface area contributed by atoms with E-state index >= 15 is 0 Å². The van der Waals surface area contributed by atoms with Gasteiger partial charge in [0.1, 0.15) is 11.4 Å². The molecule has 2 heterocycles. The number of rotatable bonds is 7. The summed E-state index contributed by atoms with van der Waals surface area (Å²) >= 11 is 0. The maximum Gasteiger partial charge on any atom is 0.433 e. The number of hydrogen-bond donors (Lipinski definition) is 1. The number of carbonyl (C=O) groups is 1. The first kappa shape index (κ1) is 25.0. The molecule has 1 N–H and O–H groups in total. The van der Waals surface area contributed by atoms with Crippen molar-refractivity contribution in [1.82, 2.24) is 14.8 Å². The van der Waals surface area contributed by atoms with Gasteiger partial charge in [-0.25, -0.2) is 4.79 Å². The van der Waals surface area contributed by atoms with Crippen LogP contribution in [0, 0.1) is 13.8 Å². The van der Waals surface area contributed by atoms with Crippen LogP contribution in [0.3, 0.4) is 0 Å². The summed E-state index contributed by atoms with van der Waals surface area (Å²) in [7, 11) is 0. The fraction of sp³-hybridized carbons (Fsp3) is 0.500. The molecule has 0 bridgehead atoms. The summed E-state index contributed by atoms with van der Waals surface area (Å²) in [5, 5.41) is 9.33. The highest BCUT2D eigenvalue weighted by molar-refractivity contribution is 5.77. The van der Waals surface area contributed by atoms with Gasteiger partial charge >= 0.3 is 12.1 Å². The van der Waals surface area contributed by atoms with Gasteiger partial charge < -0.3 is 9.84 Å². The van der Waals surface area contributed by atoms with Crippen LogP contribution in [0.25, 0.3) is 0 Å². The highest BCUT2D eigenvalue weighted by Gasteiger charge is 2.32. The van der Waals surface area contributed by atoms with Gasteiger partial charge in [0, 0.05) is 45.5 Å². The Kier molecular flexibility index (Phi) is 7.33. The molecule has 0 unspecified atom stereocenters. The van der Waals surface area contributed by atoms with Gasteiger partial charge in [-0.2, -0.15) is 13.2 Å². The zero-order chi connectivity index (χ0) is 24.4. The van der Waals surface area contributed by atoms with Crippen molar-refractivity contribution in [2.24, 2.45) is 0 Å². The van der Waals surface area contributed by atoms with Crippen LogP contribution in [0.5, 0.6) is 5.75 Å². The van der Waals surface area contributed by atoms with Crippen molar-refractivity contribution in [2.45, 2.75) is 52.6 Å². The van der Waals surface area contributed by atoms with Gasteiger partial charge in [0.2, 0.25) is 0 Å². The minimum Gasteiger partial charge on any atom is -0.478 e. The van der Waals surface area contributed by atoms with Crippen LogP contribution in [-0.2, 0) is 24.1 Å². The van der Waals surface area contributed by atoms with Gasteiger partial charge in [-0.3, -0.25) is 14.8 Å². The summed E-state index contributed by atoms with van der Waals surface area (Å²) in [4.78, 5) is 19.5. The third-order valence-corrected chi connectivity index (χ3v) is 5.78. The number of halogens is 3. The van der Waals surface area contributed by atoms with Crippen LogP contribution in [-0.4, -0.2) is 57.6 Å². The van der Waals surface area contributed by atoms with E-state index in [1.54, 1.807) is 0 Å². The van der Waals surface area contributed by atoms with E-state index < -0.39 is 23.4 Å². The lowest BCUT2D eigenvalue weighted by Gasteiger charge is -2.35. The topological polar surface area (TPSA) is 65.9 Å². The van der Waals surface area contributed by atoms with Crippen LogP contribution in [0.1, 0.15) is 41.8 Å². The van der Waals surface area contributed by atoms with E-state index in [1.807, 2.05) is 26.0 Å². The van der Waals surface area contributed by atoms with Crippen LogP contribution in [0.4, 0.5) is 13.2 Å². The zero-order valence-electron chi connectivity index (χ0n) is 19.4. The largest absolute Gasteiger partial charge is 0.478 e. The number of aliphatic carboxylic acids is 1. The number of piperazine rings is 1. The first-order valence-electron chi connectivity index (χ1n) is 10.8. The molecule has 0 aliphatic carbocycles. The Balaban J connectivity index is 1.55. The number of aromatic nitrogens is 1. The Morgan fingerprint density at radius 2 is 1.52 bits per heavy atom. The quantitative estimate of drug-likeness (QED) is 0.659. The number of benzene rings is 1. The molecule has 1 aromatic carbocycles. The number of ether oxygens (including phenoxy) is 1. The van der Waals surface area contributed by atoms with E-state index in [9.17, 15) is 23.1 Å². The normalized spacial score (nSPS) is 16.1. The molecular weight excluding hydrogens is 435 g/mol. The fourth-order valence-electron chi connectivity index (χ4n) is 3.90. The van der Waals surface area contributed by atoms with E-state index in [0.717, 1.165) is 61.0 Å². The fourth-order valence-corrected chi connectivity index (χ4v) is 3.90. The Labute approximate surface area is 192 Å². The molecule has 1 aromatic heterocycles. The van der Waals surface area contributed by atoms with Gasteiger partial charge in [0.05, 0.1) is 0 Å². The van der Waals surface area contributed by atoms with Crippen LogP contribution < -0.4 is 4.74 Å². The Morgan fingerprint density at radius 1 is 1.00 bits per heavy atom. The summed E-state index contributed by atoms with van der Waals surface area (Å²) in [6, 6.07) is 6.57. The summed E-state index contributed by atoms with van der Waals surface area (Å²) in [5.41, 5.74) is 1.51. The van der Waals surface area contributed by atoms with E-state index in [1.165, 1.54) is 26.1 Å². The van der Waals surface area contributed by atoms with E-state index in [-0.39, 0.29) is 0 Å². The average Bonchev–Trinajstić information content (AvgIpc) is 2.72. The SMILES string of the molecule is Cc1cc(CN2CCN(Cc3ccc(C(F)(F)F)nc3)CC2)cc(C)c1OC(C)(C)C(=O)O. The summed E-state index contributed by atoms with van der Waals surface area (Å²) in [6.07, 6.45) is -3.12. The molecule has 1 fully saturated rings. The van der Waals surface area contributed by atoms with Crippen molar-refractivity contribution in [1.29, 1.82) is 0 Å². The molecular formula is C24H30F3N3O3. The summed E-state index contributed by atoms with van der Waals surface area (Å²) in [5.74, 6) is -0.420. The van der Waals surface area contributed by atoms with E-state index in [2.05, 4.69) is 14.8 Å². The Morgan fingerprint density at radius 3 is 1.94 bits per heavy atom. The Hall–Kier alpha value is -2.65. The molecule has 1 aliphatic heterocycles. The molecule has 9 heteroatoms.